The summed E-state index contributed by atoms with van der Waals surface area (Å²) in [5.74, 6) is -7.60. The monoisotopic (exact) mass is 459 g/mol. The Bertz CT molecular complexity index is 662. The smallest absolute Gasteiger partial charge is 0.374 e. The van der Waals surface area contributed by atoms with E-state index in [1.165, 1.54) is 0 Å². The number of Topliss-reactive ketones (excluding diaryl/α,β-unsaturated/α-hetero) is 1. The van der Waals surface area contributed by atoms with E-state index in [1.54, 1.807) is 19.2 Å². The second-order valence-corrected chi connectivity index (χ2v) is 6.85. The quantitative estimate of drug-likeness (QED) is 0.171. The standard InChI is InChI=1S/C17H25F4N3O7/c1-7(2)22-8(3-4-13(25)26)15(28)24-10(6-12(20)21)16(29)23-9(5-11(18)19)14(27)17(30)31/h7-12,22H,3-6H2,1-2H3,(H,23,29)(H,24,28)(H,25,26)(H,30,31)/t8-,9?,10-/m0/s1. The molecule has 0 aliphatic carbocycles. The van der Waals surface area contributed by atoms with Crippen molar-refractivity contribution in [1.82, 2.24) is 16.0 Å². The highest BCUT2D eigenvalue weighted by molar-refractivity contribution is 6.35. The molecule has 0 rings (SSSR count). The van der Waals surface area contributed by atoms with Gasteiger partial charge in [-0.1, -0.05) is 13.8 Å². The molecule has 3 atom stereocenters. The van der Waals surface area contributed by atoms with Gasteiger partial charge in [-0.2, -0.15) is 0 Å². The van der Waals surface area contributed by atoms with Crippen LogP contribution in [0.2, 0.25) is 0 Å². The van der Waals surface area contributed by atoms with E-state index in [-0.39, 0.29) is 12.5 Å². The van der Waals surface area contributed by atoms with Crippen LogP contribution in [0.25, 0.3) is 0 Å². The molecule has 0 aromatic heterocycles. The number of alkyl halides is 4. The first kappa shape index (κ1) is 28.2. The van der Waals surface area contributed by atoms with Crippen LogP contribution in [0.4, 0.5) is 17.6 Å². The van der Waals surface area contributed by atoms with E-state index in [0.717, 1.165) is 0 Å². The van der Waals surface area contributed by atoms with Gasteiger partial charge in [-0.15, -0.1) is 0 Å². The summed E-state index contributed by atoms with van der Waals surface area (Å²) in [4.78, 5) is 57.7. The summed E-state index contributed by atoms with van der Waals surface area (Å²) in [7, 11) is 0. The van der Waals surface area contributed by atoms with Gasteiger partial charge in [-0.25, -0.2) is 22.4 Å². The highest BCUT2D eigenvalue weighted by atomic mass is 19.3. The van der Waals surface area contributed by atoms with Crippen molar-refractivity contribution >= 4 is 29.5 Å². The molecule has 0 saturated carbocycles. The molecular formula is C17H25F4N3O7. The third-order valence-electron chi connectivity index (χ3n) is 3.80. The Morgan fingerprint density at radius 2 is 1.23 bits per heavy atom. The van der Waals surface area contributed by atoms with Gasteiger partial charge in [0, 0.05) is 25.3 Å². The number of nitrogens with one attached hydrogen (secondary N) is 3. The average molecular weight is 459 g/mol. The summed E-state index contributed by atoms with van der Waals surface area (Å²) in [5, 5.41) is 23.8. The summed E-state index contributed by atoms with van der Waals surface area (Å²) in [6.07, 6.45) is -9.64. The molecule has 0 radical (unpaired) electrons. The number of amides is 2. The summed E-state index contributed by atoms with van der Waals surface area (Å²) in [5.41, 5.74) is 0. The number of carboxylic acid groups (broad SMARTS) is 2. The molecule has 0 fully saturated rings. The number of hydrogen-bond donors (Lipinski definition) is 5. The number of carboxylic acids is 2. The van der Waals surface area contributed by atoms with Crippen LogP contribution in [0.3, 0.4) is 0 Å². The topological polar surface area (TPSA) is 162 Å². The van der Waals surface area contributed by atoms with Crippen LogP contribution < -0.4 is 16.0 Å². The molecule has 0 aromatic rings. The highest BCUT2D eigenvalue weighted by Gasteiger charge is 2.34. The van der Waals surface area contributed by atoms with Gasteiger partial charge in [0.05, 0.1) is 6.04 Å². The zero-order valence-electron chi connectivity index (χ0n) is 16.7. The number of carbonyl (C=O) groups excluding carboxylic acids is 3. The first-order chi connectivity index (χ1) is 14.2. The van der Waals surface area contributed by atoms with Gasteiger partial charge in [0.15, 0.2) is 0 Å². The Labute approximate surface area is 174 Å². The SMILES string of the molecule is CC(C)N[C@@H](CCC(=O)O)C(=O)N[C@@H](CC(F)F)C(=O)NC(CC(F)F)C(=O)C(=O)O. The number of halogens is 4. The predicted octanol–water partition coefficient (Wildman–Crippen LogP) is 0.152. The number of ketones is 1. The molecular weight excluding hydrogens is 434 g/mol. The number of carbonyl (C=O) groups is 5. The van der Waals surface area contributed by atoms with Crippen molar-refractivity contribution in [3.8, 4) is 0 Å². The summed E-state index contributed by atoms with van der Waals surface area (Å²) in [6.45, 7) is 3.24. The van der Waals surface area contributed by atoms with Crippen LogP contribution in [0.5, 0.6) is 0 Å². The maximum atomic E-state index is 12.9. The van der Waals surface area contributed by atoms with Crippen LogP contribution in [0, 0.1) is 0 Å². The van der Waals surface area contributed by atoms with E-state index >= 15 is 0 Å². The van der Waals surface area contributed by atoms with E-state index in [2.05, 4.69) is 5.32 Å². The number of rotatable bonds is 15. The zero-order chi connectivity index (χ0) is 24.3. The Morgan fingerprint density at radius 1 is 0.774 bits per heavy atom. The number of hydrogen-bond acceptors (Lipinski definition) is 6. The van der Waals surface area contributed by atoms with Gasteiger partial charge < -0.3 is 26.2 Å². The largest absolute Gasteiger partial charge is 0.481 e. The lowest BCUT2D eigenvalue weighted by Gasteiger charge is -2.25. The van der Waals surface area contributed by atoms with Gasteiger partial charge in [0.2, 0.25) is 24.7 Å². The molecule has 1 unspecified atom stereocenters. The summed E-state index contributed by atoms with van der Waals surface area (Å²) < 4.78 is 51.0. The fourth-order valence-corrected chi connectivity index (χ4v) is 2.47. The molecule has 178 valence electrons. The minimum Gasteiger partial charge on any atom is -0.481 e. The maximum Gasteiger partial charge on any atom is 0.374 e. The third kappa shape index (κ3) is 11.9. The molecule has 14 heteroatoms. The Morgan fingerprint density at radius 3 is 1.65 bits per heavy atom. The average Bonchev–Trinajstić information content (AvgIpc) is 2.61. The van der Waals surface area contributed by atoms with Crippen LogP contribution in [0.15, 0.2) is 0 Å². The van der Waals surface area contributed by atoms with Gasteiger partial charge in [0.1, 0.15) is 12.1 Å². The predicted molar refractivity (Wildman–Crippen MR) is 96.7 cm³/mol. The van der Waals surface area contributed by atoms with Gasteiger partial charge in [0.25, 0.3) is 5.78 Å². The second kappa shape index (κ2) is 13.5. The van der Waals surface area contributed by atoms with Crippen molar-refractivity contribution in [2.75, 3.05) is 0 Å². The Hall–Kier alpha value is -2.77. The molecule has 0 aromatic carbocycles. The second-order valence-electron chi connectivity index (χ2n) is 6.85. The Kier molecular flexibility index (Phi) is 12.3. The lowest BCUT2D eigenvalue weighted by molar-refractivity contribution is -0.151. The van der Waals surface area contributed by atoms with E-state index in [0.29, 0.717) is 0 Å². The molecule has 0 aliphatic rings. The first-order valence-corrected chi connectivity index (χ1v) is 9.16. The van der Waals surface area contributed by atoms with E-state index in [9.17, 15) is 41.5 Å². The number of aliphatic carboxylic acids is 2. The van der Waals surface area contributed by atoms with E-state index in [4.69, 9.17) is 10.2 Å². The Balaban J connectivity index is 5.49. The van der Waals surface area contributed by atoms with Gasteiger partial charge >= 0.3 is 11.9 Å². The molecule has 10 nitrogen and oxygen atoms in total. The minimum atomic E-state index is -3.19. The molecule has 0 bridgehead atoms. The molecule has 5 N–H and O–H groups in total. The first-order valence-electron chi connectivity index (χ1n) is 9.16. The minimum absolute atomic E-state index is 0.242. The zero-order valence-corrected chi connectivity index (χ0v) is 16.7. The van der Waals surface area contributed by atoms with Crippen LogP contribution in [-0.4, -0.2) is 76.8 Å². The maximum absolute atomic E-state index is 12.9. The van der Waals surface area contributed by atoms with Crippen LogP contribution in [0.1, 0.15) is 39.5 Å². The van der Waals surface area contributed by atoms with Crippen molar-refractivity contribution in [1.29, 1.82) is 0 Å². The molecule has 0 saturated heterocycles. The van der Waals surface area contributed by atoms with Crippen molar-refractivity contribution in [3.63, 3.8) is 0 Å². The highest BCUT2D eigenvalue weighted by Crippen LogP contribution is 2.10. The van der Waals surface area contributed by atoms with Crippen LogP contribution >= 0.6 is 0 Å². The van der Waals surface area contributed by atoms with Gasteiger partial charge in [-0.3, -0.25) is 19.2 Å². The fourth-order valence-electron chi connectivity index (χ4n) is 2.47. The molecule has 0 aliphatic heterocycles. The molecule has 0 heterocycles. The summed E-state index contributed by atoms with van der Waals surface area (Å²) >= 11 is 0. The third-order valence-corrected chi connectivity index (χ3v) is 3.80. The van der Waals surface area contributed by atoms with Crippen molar-refractivity contribution in [2.45, 2.75) is 76.5 Å². The van der Waals surface area contributed by atoms with E-state index in [1.807, 2.05) is 5.32 Å². The van der Waals surface area contributed by atoms with Crippen molar-refractivity contribution < 1.29 is 51.7 Å². The molecule has 2 amide bonds. The van der Waals surface area contributed by atoms with Crippen molar-refractivity contribution in [3.05, 3.63) is 0 Å². The normalized spacial score (nSPS) is 14.2. The van der Waals surface area contributed by atoms with Crippen LogP contribution in [-0.2, 0) is 24.0 Å². The van der Waals surface area contributed by atoms with E-state index < -0.39 is 79.8 Å². The van der Waals surface area contributed by atoms with Crippen molar-refractivity contribution in [2.24, 2.45) is 0 Å². The van der Waals surface area contributed by atoms with Gasteiger partial charge in [-0.05, 0) is 6.42 Å². The molecule has 0 spiro atoms. The lowest BCUT2D eigenvalue weighted by atomic mass is 10.1. The lowest BCUT2D eigenvalue weighted by Crippen LogP contribution is -2.57. The molecule has 31 heavy (non-hydrogen) atoms. The summed E-state index contributed by atoms with van der Waals surface area (Å²) in [6, 6.07) is -5.69. The fraction of sp³-hybridized carbons (Fsp3) is 0.706.